The van der Waals surface area contributed by atoms with E-state index in [2.05, 4.69) is 0 Å². The van der Waals surface area contributed by atoms with Crippen molar-refractivity contribution in [3.05, 3.63) is 0 Å². The number of phosphoric acid groups is 1. The molecule has 0 rings (SSSR count). The van der Waals surface area contributed by atoms with Crippen molar-refractivity contribution < 1.29 is 19.2 Å². The van der Waals surface area contributed by atoms with Crippen LogP contribution in [0.25, 0.3) is 0 Å². The molecule has 0 amide bonds. The monoisotopic (exact) mass is 343 g/mol. The summed E-state index contributed by atoms with van der Waals surface area (Å²) in [4.78, 5) is 25.6. The summed E-state index contributed by atoms with van der Waals surface area (Å²) in [6.07, 6.45) is 0. The van der Waals surface area contributed by atoms with E-state index in [9.17, 15) is 0 Å². The summed E-state index contributed by atoms with van der Waals surface area (Å²) in [6.45, 7) is 0. The van der Waals surface area contributed by atoms with Crippen molar-refractivity contribution in [1.82, 2.24) is 0 Å². The van der Waals surface area contributed by atoms with E-state index >= 15 is 0 Å². The maximum Gasteiger partial charge on any atom is 2.00 e. The Kier molecular flexibility index (Phi) is 14.8. The molecular weight excluding hydrogens is 342 g/mol. The second-order valence-corrected chi connectivity index (χ2v) is 1.34. The van der Waals surface area contributed by atoms with Crippen LogP contribution in [-0.4, -0.2) is 65.0 Å². The third kappa shape index (κ3) is 62.5. The molecule has 4 nitrogen and oxygen atoms in total. The Labute approximate surface area is 90.7 Å². The van der Waals surface area contributed by atoms with Crippen LogP contribution >= 0.6 is 7.82 Å². The number of hydrogen-bond donors (Lipinski definition) is 0. The summed E-state index contributed by atoms with van der Waals surface area (Å²) in [5.41, 5.74) is 0. The SMILES string of the molecule is O=P([O-])([O-])[O-].[Ca+2].[Pb]. The van der Waals surface area contributed by atoms with Crippen LogP contribution in [-0.2, 0) is 4.57 Å². The van der Waals surface area contributed by atoms with E-state index in [1.165, 1.54) is 0 Å². The zero-order chi connectivity index (χ0) is 4.50. The van der Waals surface area contributed by atoms with Gasteiger partial charge in [0, 0.05) is 27.3 Å². The molecule has 0 fully saturated rings. The average molecular weight is 342 g/mol. The molecule has 0 N–H and O–H groups in total. The van der Waals surface area contributed by atoms with Gasteiger partial charge in [-0.3, -0.25) is 0 Å². The summed E-state index contributed by atoms with van der Waals surface area (Å²) < 4.78 is 8.55. The van der Waals surface area contributed by atoms with E-state index in [-0.39, 0.29) is 65.0 Å². The van der Waals surface area contributed by atoms with E-state index < -0.39 is 7.82 Å². The number of hydrogen-bond acceptors (Lipinski definition) is 4. The van der Waals surface area contributed by atoms with Crippen molar-refractivity contribution in [2.24, 2.45) is 0 Å². The van der Waals surface area contributed by atoms with Crippen LogP contribution in [0.5, 0.6) is 0 Å². The molecule has 0 aliphatic rings. The molecule has 0 spiro atoms. The molecule has 0 atom stereocenters. The first kappa shape index (κ1) is 16.1. The molecule has 0 aromatic rings. The molecule has 0 aliphatic carbocycles. The molecule has 7 heteroatoms. The molecule has 0 unspecified atom stereocenters. The molecule has 4 radical (unpaired) electrons. The fourth-order valence-electron chi connectivity index (χ4n) is 0. The van der Waals surface area contributed by atoms with Crippen LogP contribution in [0, 0.1) is 0 Å². The fourth-order valence-corrected chi connectivity index (χ4v) is 0. The predicted molar refractivity (Wildman–Crippen MR) is 19.1 cm³/mol. The standard InChI is InChI=1S/Ca.H3O4P.Pb/c;1-5(2,3)4;/h;(H3,1,2,3,4);/q+2;;/p-3. The van der Waals surface area contributed by atoms with Crippen molar-refractivity contribution in [3.8, 4) is 0 Å². The van der Waals surface area contributed by atoms with Crippen molar-refractivity contribution in [1.29, 1.82) is 0 Å². The van der Waals surface area contributed by atoms with E-state index in [0.717, 1.165) is 0 Å². The van der Waals surface area contributed by atoms with Crippen LogP contribution in [0.2, 0.25) is 0 Å². The Morgan fingerprint density at radius 1 is 1.14 bits per heavy atom. The Morgan fingerprint density at radius 2 is 1.14 bits per heavy atom. The minimum Gasteiger partial charge on any atom is -0.822 e. The van der Waals surface area contributed by atoms with Gasteiger partial charge in [0.05, 0.1) is 0 Å². The number of rotatable bonds is 0. The molecule has 0 aromatic carbocycles. The summed E-state index contributed by atoms with van der Waals surface area (Å²) in [5.74, 6) is 0. The van der Waals surface area contributed by atoms with Gasteiger partial charge in [0.15, 0.2) is 0 Å². The van der Waals surface area contributed by atoms with Crippen molar-refractivity contribution in [2.45, 2.75) is 0 Å². The van der Waals surface area contributed by atoms with Crippen molar-refractivity contribution >= 4 is 72.9 Å². The topological polar surface area (TPSA) is 86.2 Å². The molecule has 0 saturated heterocycles. The van der Waals surface area contributed by atoms with Gasteiger partial charge >= 0.3 is 37.7 Å². The maximum atomic E-state index is 8.55. The van der Waals surface area contributed by atoms with Crippen LogP contribution < -0.4 is 14.7 Å². The zero-order valence-electron chi connectivity index (χ0n) is 3.29. The zero-order valence-corrected chi connectivity index (χ0v) is 10.3. The van der Waals surface area contributed by atoms with E-state index in [1.54, 1.807) is 0 Å². The largest absolute Gasteiger partial charge is 2.00 e. The summed E-state index contributed by atoms with van der Waals surface area (Å²) in [7, 11) is -5.39. The quantitative estimate of drug-likeness (QED) is 0.336. The third-order valence-electron chi connectivity index (χ3n) is 0. The molecule has 0 saturated carbocycles. The van der Waals surface area contributed by atoms with Gasteiger partial charge in [-0.1, -0.05) is 0 Å². The molecule has 7 heavy (non-hydrogen) atoms. The predicted octanol–water partition coefficient (Wildman–Crippen LogP) is -3.59. The first-order valence-corrected chi connectivity index (χ1v) is 2.19. The fraction of sp³-hybridized carbons (Fsp3) is 0. The molecule has 0 aliphatic heterocycles. The van der Waals surface area contributed by atoms with Crippen LogP contribution in [0.3, 0.4) is 0 Å². The van der Waals surface area contributed by atoms with Gasteiger partial charge in [0.2, 0.25) is 0 Å². The Morgan fingerprint density at radius 3 is 1.14 bits per heavy atom. The Balaban J connectivity index is -0.0000000800. The van der Waals surface area contributed by atoms with Crippen LogP contribution in [0.4, 0.5) is 0 Å². The van der Waals surface area contributed by atoms with Gasteiger partial charge in [-0.2, -0.15) is 7.82 Å². The third-order valence-corrected chi connectivity index (χ3v) is 0. The summed E-state index contributed by atoms with van der Waals surface area (Å²) in [5, 5.41) is 0. The first-order valence-electron chi connectivity index (χ1n) is 0.730. The maximum absolute atomic E-state index is 8.55. The molecule has 36 valence electrons. The average Bonchev–Trinajstić information content (AvgIpc) is 0.722. The van der Waals surface area contributed by atoms with Crippen LogP contribution in [0.1, 0.15) is 0 Å². The van der Waals surface area contributed by atoms with E-state index in [4.69, 9.17) is 19.2 Å². The van der Waals surface area contributed by atoms with Gasteiger partial charge in [0.1, 0.15) is 0 Å². The van der Waals surface area contributed by atoms with Gasteiger partial charge in [-0.25, -0.2) is 0 Å². The molecular formula is CaO4PPb-. The molecule has 0 bridgehead atoms. The van der Waals surface area contributed by atoms with Crippen molar-refractivity contribution in [2.75, 3.05) is 0 Å². The minimum absolute atomic E-state index is 0. The van der Waals surface area contributed by atoms with Crippen molar-refractivity contribution in [3.63, 3.8) is 0 Å². The van der Waals surface area contributed by atoms with Gasteiger partial charge in [-0.15, -0.1) is 0 Å². The second kappa shape index (κ2) is 6.41. The summed E-state index contributed by atoms with van der Waals surface area (Å²) in [6, 6.07) is 0. The van der Waals surface area contributed by atoms with E-state index in [0.29, 0.717) is 0 Å². The van der Waals surface area contributed by atoms with E-state index in [1.807, 2.05) is 0 Å². The smallest absolute Gasteiger partial charge is 0.822 e. The molecule has 0 aromatic heterocycles. The normalized spacial score (nSPS) is 8.43. The van der Waals surface area contributed by atoms with Crippen LogP contribution in [0.15, 0.2) is 0 Å². The summed E-state index contributed by atoms with van der Waals surface area (Å²) >= 11 is 0. The van der Waals surface area contributed by atoms with Gasteiger partial charge in [-0.05, 0) is 0 Å². The second-order valence-electron chi connectivity index (χ2n) is 0.447. The Hall–Kier alpha value is 2.29. The van der Waals surface area contributed by atoms with Gasteiger partial charge < -0.3 is 19.2 Å². The minimum atomic E-state index is -5.39. The van der Waals surface area contributed by atoms with Gasteiger partial charge in [0.25, 0.3) is 0 Å². The Bertz CT molecular complexity index is 57.8. The first-order chi connectivity index (χ1) is 2.00. The molecule has 0 heterocycles.